The quantitative estimate of drug-likeness (QED) is 0.751. The molecule has 0 radical (unpaired) electrons. The van der Waals surface area contributed by atoms with Gasteiger partial charge in [-0.2, -0.15) is 0 Å². The summed E-state index contributed by atoms with van der Waals surface area (Å²) in [5, 5.41) is 0. The highest BCUT2D eigenvalue weighted by Gasteiger charge is 2.28. The summed E-state index contributed by atoms with van der Waals surface area (Å²) in [6.07, 6.45) is 6.45. The molecule has 0 aromatic rings. The lowest BCUT2D eigenvalue weighted by molar-refractivity contribution is 0.101. The van der Waals surface area contributed by atoms with Crippen LogP contribution in [0.1, 0.15) is 52.9 Å². The first-order valence-electron chi connectivity index (χ1n) is 6.22. The third kappa shape index (κ3) is 2.71. The van der Waals surface area contributed by atoms with Gasteiger partial charge in [0.25, 0.3) is 0 Å². The van der Waals surface area contributed by atoms with E-state index in [-0.39, 0.29) is 0 Å². The average Bonchev–Trinajstić information content (AvgIpc) is 2.21. The van der Waals surface area contributed by atoms with Crippen molar-refractivity contribution in [1.29, 1.82) is 0 Å². The van der Waals surface area contributed by atoms with Crippen LogP contribution in [0.5, 0.6) is 0 Å². The molecule has 1 aliphatic carbocycles. The van der Waals surface area contributed by atoms with Gasteiger partial charge in [-0.25, -0.2) is 0 Å². The predicted octanol–water partition coefficient (Wildman–Crippen LogP) is 2.38. The number of nitrogens with zero attached hydrogens (tertiary/aromatic N) is 1. The Hall–Kier alpha value is -0.0800. The first-order valence-corrected chi connectivity index (χ1v) is 6.22. The SMILES string of the molecule is CCC(C)N(CC)C1CCCCC1N. The molecule has 0 amide bonds. The second kappa shape index (κ2) is 5.72. The van der Waals surface area contributed by atoms with Crippen LogP contribution in [0.15, 0.2) is 0 Å². The molecule has 0 aliphatic heterocycles. The van der Waals surface area contributed by atoms with Gasteiger partial charge in [-0.05, 0) is 32.7 Å². The predicted molar refractivity (Wildman–Crippen MR) is 62.4 cm³/mol. The summed E-state index contributed by atoms with van der Waals surface area (Å²) in [5.41, 5.74) is 6.21. The smallest absolute Gasteiger partial charge is 0.0249 e. The summed E-state index contributed by atoms with van der Waals surface area (Å²) >= 11 is 0. The third-order valence-electron chi connectivity index (χ3n) is 3.73. The molecule has 2 heteroatoms. The van der Waals surface area contributed by atoms with Crippen molar-refractivity contribution in [2.24, 2.45) is 5.73 Å². The van der Waals surface area contributed by atoms with Crippen molar-refractivity contribution < 1.29 is 0 Å². The second-order valence-corrected chi connectivity index (χ2v) is 4.60. The summed E-state index contributed by atoms with van der Waals surface area (Å²) in [6, 6.07) is 1.75. The van der Waals surface area contributed by atoms with Crippen molar-refractivity contribution in [2.75, 3.05) is 6.54 Å². The lowest BCUT2D eigenvalue weighted by Crippen LogP contribution is -2.52. The van der Waals surface area contributed by atoms with Gasteiger partial charge in [-0.15, -0.1) is 0 Å². The molecule has 1 fully saturated rings. The topological polar surface area (TPSA) is 29.3 Å². The van der Waals surface area contributed by atoms with Crippen molar-refractivity contribution in [1.82, 2.24) is 4.90 Å². The molecular weight excluding hydrogens is 172 g/mol. The van der Waals surface area contributed by atoms with Gasteiger partial charge in [0, 0.05) is 18.1 Å². The molecule has 0 spiro atoms. The fourth-order valence-electron chi connectivity index (χ4n) is 2.66. The van der Waals surface area contributed by atoms with Crippen LogP contribution in [0.4, 0.5) is 0 Å². The lowest BCUT2D eigenvalue weighted by atomic mass is 9.89. The van der Waals surface area contributed by atoms with E-state index in [2.05, 4.69) is 25.7 Å². The standard InChI is InChI=1S/C12H26N2/c1-4-10(3)14(5-2)12-9-7-6-8-11(12)13/h10-12H,4-9,13H2,1-3H3. The van der Waals surface area contributed by atoms with Crippen LogP contribution in [0.2, 0.25) is 0 Å². The molecule has 0 saturated heterocycles. The van der Waals surface area contributed by atoms with E-state index >= 15 is 0 Å². The van der Waals surface area contributed by atoms with Gasteiger partial charge in [0.05, 0.1) is 0 Å². The Morgan fingerprint density at radius 3 is 2.43 bits per heavy atom. The zero-order valence-corrected chi connectivity index (χ0v) is 10.00. The van der Waals surface area contributed by atoms with Gasteiger partial charge < -0.3 is 5.73 Å². The van der Waals surface area contributed by atoms with Crippen LogP contribution in [0.3, 0.4) is 0 Å². The number of likely N-dealkylation sites (N-methyl/N-ethyl adjacent to an activating group) is 1. The summed E-state index contributed by atoms with van der Waals surface area (Å²) in [5.74, 6) is 0. The molecule has 3 atom stereocenters. The van der Waals surface area contributed by atoms with Gasteiger partial charge in [0.15, 0.2) is 0 Å². The van der Waals surface area contributed by atoms with Crippen LogP contribution in [-0.2, 0) is 0 Å². The van der Waals surface area contributed by atoms with Crippen molar-refractivity contribution in [3.8, 4) is 0 Å². The summed E-state index contributed by atoms with van der Waals surface area (Å²) in [6.45, 7) is 7.99. The molecule has 1 rings (SSSR count). The Balaban J connectivity index is 2.57. The Morgan fingerprint density at radius 2 is 1.93 bits per heavy atom. The largest absolute Gasteiger partial charge is 0.326 e. The minimum absolute atomic E-state index is 0.415. The van der Waals surface area contributed by atoms with Crippen LogP contribution in [0.25, 0.3) is 0 Å². The van der Waals surface area contributed by atoms with Crippen LogP contribution < -0.4 is 5.73 Å². The van der Waals surface area contributed by atoms with Gasteiger partial charge in [0.1, 0.15) is 0 Å². The second-order valence-electron chi connectivity index (χ2n) is 4.60. The molecule has 84 valence electrons. The fraction of sp³-hybridized carbons (Fsp3) is 1.00. The highest BCUT2D eigenvalue weighted by Crippen LogP contribution is 2.23. The number of hydrogen-bond donors (Lipinski definition) is 1. The molecule has 2 N–H and O–H groups in total. The monoisotopic (exact) mass is 198 g/mol. The van der Waals surface area contributed by atoms with Gasteiger partial charge in [0.2, 0.25) is 0 Å². The Bertz CT molecular complexity index is 154. The lowest BCUT2D eigenvalue weighted by Gasteiger charge is -2.41. The van der Waals surface area contributed by atoms with E-state index in [9.17, 15) is 0 Å². The average molecular weight is 198 g/mol. The van der Waals surface area contributed by atoms with E-state index in [1.54, 1.807) is 0 Å². The number of hydrogen-bond acceptors (Lipinski definition) is 2. The van der Waals surface area contributed by atoms with Gasteiger partial charge in [-0.3, -0.25) is 4.90 Å². The van der Waals surface area contributed by atoms with E-state index in [1.807, 2.05) is 0 Å². The molecule has 14 heavy (non-hydrogen) atoms. The Kier molecular flexibility index (Phi) is 4.90. The Labute approximate surface area is 88.8 Å². The van der Waals surface area contributed by atoms with E-state index < -0.39 is 0 Å². The van der Waals surface area contributed by atoms with E-state index in [1.165, 1.54) is 32.1 Å². The summed E-state index contributed by atoms with van der Waals surface area (Å²) < 4.78 is 0. The summed E-state index contributed by atoms with van der Waals surface area (Å²) in [7, 11) is 0. The van der Waals surface area contributed by atoms with Crippen LogP contribution in [0, 0.1) is 0 Å². The maximum absolute atomic E-state index is 6.21. The first kappa shape index (κ1) is 12.0. The van der Waals surface area contributed by atoms with E-state index in [0.29, 0.717) is 18.1 Å². The highest BCUT2D eigenvalue weighted by atomic mass is 15.2. The molecule has 0 bridgehead atoms. The Morgan fingerprint density at radius 1 is 1.29 bits per heavy atom. The van der Waals surface area contributed by atoms with Crippen molar-refractivity contribution >= 4 is 0 Å². The molecule has 0 aromatic carbocycles. The molecule has 0 heterocycles. The zero-order chi connectivity index (χ0) is 10.6. The molecule has 1 aliphatic rings. The van der Waals surface area contributed by atoms with Crippen molar-refractivity contribution in [2.45, 2.75) is 71.0 Å². The molecule has 1 saturated carbocycles. The van der Waals surface area contributed by atoms with E-state index in [4.69, 9.17) is 5.73 Å². The highest BCUT2D eigenvalue weighted by molar-refractivity contribution is 4.87. The maximum Gasteiger partial charge on any atom is 0.0249 e. The molecule has 2 nitrogen and oxygen atoms in total. The van der Waals surface area contributed by atoms with Crippen molar-refractivity contribution in [3.63, 3.8) is 0 Å². The molecule has 3 unspecified atom stereocenters. The van der Waals surface area contributed by atoms with Crippen LogP contribution in [-0.4, -0.2) is 29.6 Å². The third-order valence-corrected chi connectivity index (χ3v) is 3.73. The minimum atomic E-state index is 0.415. The van der Waals surface area contributed by atoms with Crippen LogP contribution >= 0.6 is 0 Å². The van der Waals surface area contributed by atoms with Gasteiger partial charge in [-0.1, -0.05) is 26.7 Å². The zero-order valence-electron chi connectivity index (χ0n) is 10.00. The van der Waals surface area contributed by atoms with E-state index in [0.717, 1.165) is 6.54 Å². The van der Waals surface area contributed by atoms with Crippen molar-refractivity contribution in [3.05, 3.63) is 0 Å². The number of rotatable bonds is 4. The summed E-state index contributed by atoms with van der Waals surface area (Å²) in [4.78, 5) is 2.60. The first-order chi connectivity index (χ1) is 6.70. The fourth-order valence-corrected chi connectivity index (χ4v) is 2.66. The number of nitrogens with two attached hydrogens (primary N) is 1. The maximum atomic E-state index is 6.21. The normalized spacial score (nSPS) is 30.6. The molecule has 0 aromatic heterocycles. The minimum Gasteiger partial charge on any atom is -0.326 e. The van der Waals surface area contributed by atoms with Gasteiger partial charge >= 0.3 is 0 Å². The molecular formula is C12H26N2.